The molecule has 3 rings (SSSR count). The van der Waals surface area contributed by atoms with Gasteiger partial charge in [-0.05, 0) is 90.4 Å². The van der Waals surface area contributed by atoms with Crippen molar-refractivity contribution in [2.24, 2.45) is 0 Å². The predicted octanol–water partition coefficient (Wildman–Crippen LogP) is 6.36. The average molecular weight is 536 g/mol. The highest BCUT2D eigenvalue weighted by atomic mass is 127. The molecule has 4 nitrogen and oxygen atoms in total. The largest absolute Gasteiger partial charge is 0.496 e. The topological polar surface area (TPSA) is 62.1 Å². The van der Waals surface area contributed by atoms with E-state index in [1.807, 2.05) is 43.3 Å². The fourth-order valence-corrected chi connectivity index (χ4v) is 4.50. The number of hydrogen-bond donors (Lipinski definition) is 1. The van der Waals surface area contributed by atoms with Crippen LogP contribution in [0, 0.1) is 35.7 Å². The number of methoxy groups -OCH3 is 1. The van der Waals surface area contributed by atoms with Gasteiger partial charge in [0.15, 0.2) is 0 Å². The molecule has 0 aliphatic rings. The number of nitrogens with zero attached hydrogens (tertiary/aromatic N) is 1. The van der Waals surface area contributed by atoms with Gasteiger partial charge >= 0.3 is 0 Å². The summed E-state index contributed by atoms with van der Waals surface area (Å²) in [6.07, 6.45) is 2.34. The maximum absolute atomic E-state index is 12.6. The van der Waals surface area contributed by atoms with Gasteiger partial charge in [-0.15, -0.1) is 0 Å². The maximum Gasteiger partial charge on any atom is 0.266 e. The van der Waals surface area contributed by atoms with Crippen molar-refractivity contribution in [3.8, 4) is 11.8 Å². The van der Waals surface area contributed by atoms with Crippen molar-refractivity contribution < 1.29 is 9.53 Å². The standard InChI is InChI=1S/C27H25IN2O2/c1-17-6-5-7-23(11-17)30-27(31)22(16-29)12-21-14-25(28)24(26(15-21)32-4)13-20-9-18(2)8-19(3)10-20/h5-12,14-15H,13H2,1-4H3,(H,30,31)/b22-12+. The lowest BCUT2D eigenvalue weighted by Gasteiger charge is -2.14. The van der Waals surface area contributed by atoms with Crippen molar-refractivity contribution in [1.82, 2.24) is 0 Å². The Morgan fingerprint density at radius 1 is 1.06 bits per heavy atom. The summed E-state index contributed by atoms with van der Waals surface area (Å²) in [7, 11) is 1.64. The van der Waals surface area contributed by atoms with E-state index in [0.29, 0.717) is 5.69 Å². The van der Waals surface area contributed by atoms with Gasteiger partial charge in [0, 0.05) is 21.2 Å². The number of carbonyl (C=O) groups is 1. The molecule has 0 aliphatic carbocycles. The van der Waals surface area contributed by atoms with Gasteiger partial charge in [-0.1, -0.05) is 41.5 Å². The van der Waals surface area contributed by atoms with Gasteiger partial charge in [-0.25, -0.2) is 0 Å². The summed E-state index contributed by atoms with van der Waals surface area (Å²) < 4.78 is 6.68. The fraction of sp³-hybridized carbons (Fsp3) is 0.185. The zero-order valence-corrected chi connectivity index (χ0v) is 20.8. The summed E-state index contributed by atoms with van der Waals surface area (Å²) in [5.74, 6) is 0.296. The third-order valence-corrected chi connectivity index (χ3v) is 5.97. The number of halogens is 1. The lowest BCUT2D eigenvalue weighted by atomic mass is 9.98. The summed E-state index contributed by atoms with van der Waals surface area (Å²) in [5.41, 5.74) is 7.22. The molecule has 1 N–H and O–H groups in total. The summed E-state index contributed by atoms with van der Waals surface area (Å²) in [5, 5.41) is 12.4. The number of hydrogen-bond acceptors (Lipinski definition) is 3. The molecule has 0 aromatic heterocycles. The van der Waals surface area contributed by atoms with Crippen LogP contribution in [0.1, 0.15) is 33.4 Å². The molecule has 162 valence electrons. The van der Waals surface area contributed by atoms with Crippen LogP contribution in [0.5, 0.6) is 5.75 Å². The minimum atomic E-state index is -0.439. The minimum absolute atomic E-state index is 0.0337. The molecule has 5 heteroatoms. The molecule has 3 aromatic rings. The van der Waals surface area contributed by atoms with Crippen LogP contribution in [0.25, 0.3) is 6.08 Å². The maximum atomic E-state index is 12.6. The highest BCUT2D eigenvalue weighted by molar-refractivity contribution is 14.1. The van der Waals surface area contributed by atoms with Gasteiger partial charge < -0.3 is 10.1 Å². The second-order valence-electron chi connectivity index (χ2n) is 7.85. The van der Waals surface area contributed by atoms with Crippen molar-refractivity contribution in [1.29, 1.82) is 5.26 Å². The van der Waals surface area contributed by atoms with Gasteiger partial charge in [-0.2, -0.15) is 5.26 Å². The lowest BCUT2D eigenvalue weighted by molar-refractivity contribution is -0.112. The first kappa shape index (κ1) is 23.6. The van der Waals surface area contributed by atoms with Gasteiger partial charge in [0.1, 0.15) is 17.4 Å². The van der Waals surface area contributed by atoms with Crippen LogP contribution in [0.3, 0.4) is 0 Å². The molecule has 0 bridgehead atoms. The van der Waals surface area contributed by atoms with E-state index in [0.717, 1.165) is 32.4 Å². The van der Waals surface area contributed by atoms with Crippen LogP contribution in [0.2, 0.25) is 0 Å². The van der Waals surface area contributed by atoms with E-state index in [-0.39, 0.29) is 5.57 Å². The Balaban J connectivity index is 1.90. The summed E-state index contributed by atoms with van der Waals surface area (Å²) in [6.45, 7) is 6.14. The molecule has 0 aliphatic heterocycles. The van der Waals surface area contributed by atoms with Gasteiger partial charge in [0.25, 0.3) is 5.91 Å². The van der Waals surface area contributed by atoms with Crippen molar-refractivity contribution in [2.45, 2.75) is 27.2 Å². The zero-order valence-electron chi connectivity index (χ0n) is 18.6. The van der Waals surface area contributed by atoms with Gasteiger partial charge in [0.2, 0.25) is 0 Å². The van der Waals surface area contributed by atoms with Crippen LogP contribution >= 0.6 is 22.6 Å². The van der Waals surface area contributed by atoms with E-state index < -0.39 is 5.91 Å². The molecule has 0 fully saturated rings. The average Bonchev–Trinajstić information content (AvgIpc) is 2.72. The van der Waals surface area contributed by atoms with Crippen molar-refractivity contribution in [2.75, 3.05) is 12.4 Å². The molecule has 0 unspecified atom stereocenters. The molecular formula is C27H25IN2O2. The monoisotopic (exact) mass is 536 g/mol. The van der Waals surface area contributed by atoms with Crippen molar-refractivity contribution in [3.05, 3.63) is 97.1 Å². The smallest absolute Gasteiger partial charge is 0.266 e. The van der Waals surface area contributed by atoms with E-state index in [4.69, 9.17) is 4.74 Å². The van der Waals surface area contributed by atoms with E-state index >= 15 is 0 Å². The molecule has 0 radical (unpaired) electrons. The number of aryl methyl sites for hydroxylation is 3. The van der Waals surface area contributed by atoms with Crippen LogP contribution in [0.4, 0.5) is 5.69 Å². The molecule has 0 heterocycles. The summed E-state index contributed by atoms with van der Waals surface area (Å²) in [6, 6.07) is 19.8. The summed E-state index contributed by atoms with van der Waals surface area (Å²) >= 11 is 2.28. The first-order chi connectivity index (χ1) is 15.3. The molecule has 3 aromatic carbocycles. The Morgan fingerprint density at radius 2 is 1.78 bits per heavy atom. The first-order valence-electron chi connectivity index (χ1n) is 10.2. The Bertz CT molecular complexity index is 1220. The molecule has 32 heavy (non-hydrogen) atoms. The molecule has 0 saturated heterocycles. The lowest BCUT2D eigenvalue weighted by Crippen LogP contribution is -2.13. The number of nitrogens with one attached hydrogen (secondary N) is 1. The van der Waals surface area contributed by atoms with E-state index in [9.17, 15) is 10.1 Å². The SMILES string of the molecule is COc1cc(/C=C(\C#N)C(=O)Nc2cccc(C)c2)cc(I)c1Cc1cc(C)cc(C)c1. The number of amides is 1. The third-order valence-electron chi connectivity index (χ3n) is 5.01. The summed E-state index contributed by atoms with van der Waals surface area (Å²) in [4.78, 5) is 12.6. The van der Waals surface area contributed by atoms with Crippen LogP contribution in [-0.2, 0) is 11.2 Å². The molecule has 0 saturated carbocycles. The van der Waals surface area contributed by atoms with Gasteiger partial charge in [0.05, 0.1) is 7.11 Å². The van der Waals surface area contributed by atoms with E-state index in [2.05, 4.69) is 60.0 Å². The van der Waals surface area contributed by atoms with Crippen molar-refractivity contribution >= 4 is 40.3 Å². The Hall–Kier alpha value is -3.11. The number of nitriles is 1. The minimum Gasteiger partial charge on any atom is -0.496 e. The number of rotatable bonds is 6. The van der Waals surface area contributed by atoms with Gasteiger partial charge in [-0.3, -0.25) is 4.79 Å². The molecule has 0 spiro atoms. The Morgan fingerprint density at radius 3 is 2.41 bits per heavy atom. The number of ether oxygens (including phenoxy) is 1. The normalized spacial score (nSPS) is 11.1. The molecule has 0 atom stereocenters. The van der Waals surface area contributed by atoms with Crippen LogP contribution < -0.4 is 10.1 Å². The van der Waals surface area contributed by atoms with Crippen LogP contribution in [-0.4, -0.2) is 13.0 Å². The highest BCUT2D eigenvalue weighted by Crippen LogP contribution is 2.30. The zero-order chi connectivity index (χ0) is 23.3. The number of benzene rings is 3. The van der Waals surface area contributed by atoms with E-state index in [1.165, 1.54) is 16.7 Å². The second-order valence-corrected chi connectivity index (χ2v) is 9.01. The number of carbonyl (C=O) groups excluding carboxylic acids is 1. The molecular weight excluding hydrogens is 511 g/mol. The number of anilines is 1. The predicted molar refractivity (Wildman–Crippen MR) is 138 cm³/mol. The van der Waals surface area contributed by atoms with E-state index in [1.54, 1.807) is 19.3 Å². The Kier molecular flexibility index (Phi) is 7.70. The van der Waals surface area contributed by atoms with Crippen molar-refractivity contribution in [3.63, 3.8) is 0 Å². The quantitative estimate of drug-likeness (QED) is 0.227. The fourth-order valence-electron chi connectivity index (χ4n) is 3.68. The highest BCUT2D eigenvalue weighted by Gasteiger charge is 2.14. The Labute approximate surface area is 203 Å². The third kappa shape index (κ3) is 5.98. The molecule has 1 amide bonds. The second kappa shape index (κ2) is 10.5. The van der Waals surface area contributed by atoms with Crippen LogP contribution in [0.15, 0.2) is 60.2 Å². The first-order valence-corrected chi connectivity index (χ1v) is 11.3.